The predicted octanol–water partition coefficient (Wildman–Crippen LogP) is 5.41. The average Bonchev–Trinajstić information content (AvgIpc) is 3.17. The van der Waals surface area contributed by atoms with Crippen molar-refractivity contribution in [2.75, 3.05) is 0 Å². The van der Waals surface area contributed by atoms with Crippen molar-refractivity contribution in [3.63, 3.8) is 0 Å². The van der Waals surface area contributed by atoms with Crippen molar-refractivity contribution in [1.82, 2.24) is 0 Å². The van der Waals surface area contributed by atoms with E-state index in [9.17, 15) is 17.6 Å². The summed E-state index contributed by atoms with van der Waals surface area (Å²) in [6, 6.07) is 4.23. The van der Waals surface area contributed by atoms with Crippen LogP contribution >= 0.6 is 0 Å². The molecule has 0 nitrogen and oxygen atoms in total. The van der Waals surface area contributed by atoms with E-state index in [1.165, 1.54) is 0 Å². The van der Waals surface area contributed by atoms with Gasteiger partial charge in [0.15, 0.2) is 0 Å². The van der Waals surface area contributed by atoms with E-state index in [0.717, 1.165) is 31.0 Å². The van der Waals surface area contributed by atoms with E-state index < -0.39 is 17.6 Å². The van der Waals surface area contributed by atoms with Gasteiger partial charge in [0, 0.05) is 5.82 Å². The number of rotatable bonds is 0. The molecule has 3 rings (SSSR count). The summed E-state index contributed by atoms with van der Waals surface area (Å²) in [5.41, 5.74) is -1.09. The normalized spacial score (nSPS) is 13.2. The van der Waals surface area contributed by atoms with Crippen LogP contribution in [0.5, 0.6) is 0 Å². The van der Waals surface area contributed by atoms with Crippen LogP contribution in [-0.2, 0) is 27.9 Å². The van der Waals surface area contributed by atoms with E-state index in [1.807, 2.05) is 24.3 Å². The van der Waals surface area contributed by atoms with Gasteiger partial charge < -0.3 is 0 Å². The number of hydrogen-bond acceptors (Lipinski definition) is 0. The maximum absolute atomic E-state index is 12.1. The Labute approximate surface area is 147 Å². The topological polar surface area (TPSA) is 0 Å². The molecule has 0 spiro atoms. The van der Waals surface area contributed by atoms with Crippen LogP contribution in [0, 0.1) is 24.0 Å². The van der Waals surface area contributed by atoms with Gasteiger partial charge in [-0.15, -0.1) is 25.0 Å². The van der Waals surface area contributed by atoms with Gasteiger partial charge in [0.25, 0.3) is 0 Å². The van der Waals surface area contributed by atoms with E-state index in [0.29, 0.717) is 0 Å². The van der Waals surface area contributed by atoms with Crippen LogP contribution < -0.4 is 0 Å². The summed E-state index contributed by atoms with van der Waals surface area (Å²) < 4.78 is 47.5. The monoisotopic (exact) mass is 361 g/mol. The molecule has 23 heavy (non-hydrogen) atoms. The second kappa shape index (κ2) is 13.0. The average molecular weight is 361 g/mol. The molecule has 1 aromatic rings. The van der Waals surface area contributed by atoms with E-state index in [1.54, 1.807) is 6.07 Å². The Morgan fingerprint density at radius 2 is 1.43 bits per heavy atom. The van der Waals surface area contributed by atoms with Crippen LogP contribution in [0.4, 0.5) is 22.3 Å². The molecule has 0 amide bonds. The van der Waals surface area contributed by atoms with Gasteiger partial charge in [-0.1, -0.05) is 5.56 Å². The molecule has 2 aliphatic rings. The maximum atomic E-state index is 12.1. The fourth-order valence-electron chi connectivity index (χ4n) is 1.29. The van der Waals surface area contributed by atoms with Crippen LogP contribution in [0.2, 0.25) is 0 Å². The van der Waals surface area contributed by atoms with Crippen molar-refractivity contribution >= 4 is 0 Å². The summed E-state index contributed by atoms with van der Waals surface area (Å²) in [5, 5.41) is 0. The molecular formula is C17H14F5Ti. The minimum absolute atomic E-state index is 0. The number of halogens is 5. The van der Waals surface area contributed by atoms with Gasteiger partial charge >= 0.3 is 27.9 Å². The van der Waals surface area contributed by atoms with Crippen LogP contribution in [0.25, 0.3) is 0 Å². The molecule has 0 unspecified atom stereocenters. The third-order valence-corrected chi connectivity index (χ3v) is 2.24. The van der Waals surface area contributed by atoms with Crippen LogP contribution in [0.1, 0.15) is 18.4 Å². The summed E-state index contributed by atoms with van der Waals surface area (Å²) in [5.74, 6) is -1.00. The number of alkyl halides is 3. The minimum atomic E-state index is -4.51. The predicted molar refractivity (Wildman–Crippen MR) is 75.9 cm³/mol. The zero-order valence-electron chi connectivity index (χ0n) is 12.0. The fraction of sp³-hybridized carbons (Fsp3) is 0.176. The van der Waals surface area contributed by atoms with Crippen molar-refractivity contribution < 1.29 is 44.0 Å². The Morgan fingerprint density at radius 3 is 1.65 bits per heavy atom. The smallest absolute Gasteiger partial charge is 0.273 e. The SMILES string of the molecule is F.Fc1[c-]c(C(F)(F)F)ccc1.[C-]1=CC=CC1.[C-]1=CC=CC1.[Ti+3]. The Balaban J connectivity index is 0. The Kier molecular flexibility index (Phi) is 13.5. The number of allylic oxidation sites excluding steroid dienone is 8. The molecule has 121 valence electrons. The largest absolute Gasteiger partial charge is 3.00 e. The van der Waals surface area contributed by atoms with Crippen molar-refractivity contribution in [1.29, 1.82) is 0 Å². The first-order chi connectivity index (χ1) is 10.00. The third kappa shape index (κ3) is 11.7. The van der Waals surface area contributed by atoms with Gasteiger partial charge in [0.1, 0.15) is 0 Å². The van der Waals surface area contributed by atoms with Crippen molar-refractivity contribution in [3.8, 4) is 0 Å². The summed E-state index contributed by atoms with van der Waals surface area (Å²) in [6.45, 7) is 0. The van der Waals surface area contributed by atoms with Gasteiger partial charge in [-0.05, 0) is 0 Å². The molecule has 2 aliphatic carbocycles. The molecule has 0 N–H and O–H groups in total. The van der Waals surface area contributed by atoms with Gasteiger partial charge in [0.2, 0.25) is 0 Å². The molecule has 0 saturated carbocycles. The zero-order valence-corrected chi connectivity index (χ0v) is 13.6. The van der Waals surface area contributed by atoms with Crippen molar-refractivity contribution in [2.24, 2.45) is 0 Å². The Morgan fingerprint density at radius 1 is 0.913 bits per heavy atom. The van der Waals surface area contributed by atoms with Gasteiger partial charge in [-0.3, -0.25) is 16.9 Å². The molecule has 0 aromatic heterocycles. The van der Waals surface area contributed by atoms with E-state index in [2.05, 4.69) is 24.3 Å². The van der Waals surface area contributed by atoms with E-state index in [-0.39, 0.29) is 26.4 Å². The number of hydrogen-bond donors (Lipinski definition) is 0. The molecule has 1 radical (unpaired) electrons. The fourth-order valence-corrected chi connectivity index (χ4v) is 1.29. The molecule has 0 atom stereocenters. The van der Waals surface area contributed by atoms with Crippen LogP contribution in [0.3, 0.4) is 0 Å². The third-order valence-electron chi connectivity index (χ3n) is 2.24. The van der Waals surface area contributed by atoms with Crippen molar-refractivity contribution in [3.05, 3.63) is 84.3 Å². The first-order valence-corrected chi connectivity index (χ1v) is 6.18. The second-order valence-corrected chi connectivity index (χ2v) is 3.92. The Hall–Kier alpha value is -1.46. The molecule has 6 heteroatoms. The molecular weight excluding hydrogens is 347 g/mol. The quantitative estimate of drug-likeness (QED) is 0.330. The molecule has 0 fully saturated rings. The van der Waals surface area contributed by atoms with Gasteiger partial charge in [-0.25, -0.2) is 28.7 Å². The summed E-state index contributed by atoms with van der Waals surface area (Å²) in [7, 11) is 0. The molecule has 0 aliphatic heterocycles. The number of benzene rings is 1. The standard InChI is InChI=1S/C7H3F4.2C5H5.FH.Ti/c8-6-3-1-2-5(4-6)7(9,10)11;2*1-2-4-5-3-1;;/h1-3H;2*1-3H,4H2;1H;/q3*-1;;+3. The summed E-state index contributed by atoms with van der Waals surface area (Å²) in [4.78, 5) is 0. The van der Waals surface area contributed by atoms with Crippen molar-refractivity contribution in [2.45, 2.75) is 19.0 Å². The molecule has 0 saturated heterocycles. The zero-order chi connectivity index (χ0) is 15.6. The first-order valence-electron chi connectivity index (χ1n) is 6.18. The van der Waals surface area contributed by atoms with Crippen LogP contribution in [0.15, 0.2) is 54.7 Å². The first kappa shape index (κ1) is 23.8. The molecule has 1 aromatic carbocycles. The second-order valence-electron chi connectivity index (χ2n) is 3.92. The maximum Gasteiger partial charge on any atom is 3.00 e. The molecule has 0 heterocycles. The van der Waals surface area contributed by atoms with Gasteiger partial charge in [-0.2, -0.15) is 37.5 Å². The summed E-state index contributed by atoms with van der Waals surface area (Å²) >= 11 is 0. The minimum Gasteiger partial charge on any atom is -0.273 e. The Bertz CT molecular complexity index is 500. The summed E-state index contributed by atoms with van der Waals surface area (Å²) in [6.07, 6.45) is 15.5. The van der Waals surface area contributed by atoms with E-state index in [4.69, 9.17) is 0 Å². The molecule has 0 bridgehead atoms. The van der Waals surface area contributed by atoms with Crippen LogP contribution in [-0.4, -0.2) is 0 Å². The van der Waals surface area contributed by atoms with E-state index >= 15 is 0 Å². The van der Waals surface area contributed by atoms with Gasteiger partial charge in [0.05, 0.1) is 0 Å².